The zero-order valence-electron chi connectivity index (χ0n) is 17.8. The van der Waals surface area contributed by atoms with Gasteiger partial charge in [0.2, 0.25) is 6.79 Å². The maximum atomic E-state index is 12.9. The first-order chi connectivity index (χ1) is 14.3. The van der Waals surface area contributed by atoms with Crippen LogP contribution >= 0.6 is 11.3 Å². The highest BCUT2D eigenvalue weighted by molar-refractivity contribution is 7.17. The van der Waals surface area contributed by atoms with Gasteiger partial charge in [-0.15, -0.1) is 11.3 Å². The minimum absolute atomic E-state index is 0.153. The number of methoxy groups -OCH3 is 1. The van der Waals surface area contributed by atoms with Crippen LogP contribution in [0, 0.1) is 11.3 Å². The molecule has 0 radical (unpaired) electrons. The van der Waals surface area contributed by atoms with E-state index in [4.69, 9.17) is 14.2 Å². The minimum Gasteiger partial charge on any atom is -0.465 e. The molecule has 0 fully saturated rings. The summed E-state index contributed by atoms with van der Waals surface area (Å²) >= 11 is 1.50. The van der Waals surface area contributed by atoms with E-state index in [1.807, 2.05) is 0 Å². The summed E-state index contributed by atoms with van der Waals surface area (Å²) in [6, 6.07) is 5.06. The molecule has 4 rings (SSSR count). The molecule has 160 valence electrons. The summed E-state index contributed by atoms with van der Waals surface area (Å²) in [5, 5.41) is 3.50. The van der Waals surface area contributed by atoms with E-state index in [9.17, 15) is 9.59 Å². The van der Waals surface area contributed by atoms with E-state index in [-0.39, 0.29) is 18.1 Å². The summed E-state index contributed by atoms with van der Waals surface area (Å²) in [4.78, 5) is 26.7. The molecular formula is C23H27NO5S. The minimum atomic E-state index is -0.401. The molecule has 6 nitrogen and oxygen atoms in total. The third-order valence-electron chi connectivity index (χ3n) is 6.53. The van der Waals surface area contributed by atoms with Crippen LogP contribution in [0.15, 0.2) is 18.2 Å². The number of hydrogen-bond donors (Lipinski definition) is 1. The number of rotatable bonds is 5. The standard InChI is InChI=1S/C23H27NO5S/c1-5-23(2,3)14-7-8-15-18(11-14)30-21(19(15)22(26)27-4)24-20(25)13-6-9-16-17(10-13)29-12-28-16/h6,9-10,14H,5,7-8,11-12H2,1-4H3,(H,24,25)/t14-/m1/s1. The second kappa shape index (κ2) is 7.95. The lowest BCUT2D eigenvalue weighted by Crippen LogP contribution is -2.28. The van der Waals surface area contributed by atoms with Gasteiger partial charge in [-0.05, 0) is 54.4 Å². The topological polar surface area (TPSA) is 73.9 Å². The third kappa shape index (κ3) is 3.67. The van der Waals surface area contributed by atoms with Gasteiger partial charge in [0.05, 0.1) is 12.7 Å². The van der Waals surface area contributed by atoms with Gasteiger partial charge in [0.25, 0.3) is 5.91 Å². The molecule has 1 atom stereocenters. The number of hydrogen-bond acceptors (Lipinski definition) is 6. The second-order valence-corrected chi connectivity index (χ2v) is 9.61. The highest BCUT2D eigenvalue weighted by atomic mass is 32.1. The average molecular weight is 430 g/mol. The van der Waals surface area contributed by atoms with Gasteiger partial charge in [-0.25, -0.2) is 4.79 Å². The van der Waals surface area contributed by atoms with Crippen LogP contribution in [0.4, 0.5) is 5.00 Å². The molecule has 0 saturated carbocycles. The molecule has 1 amide bonds. The lowest BCUT2D eigenvalue weighted by Gasteiger charge is -2.36. The quantitative estimate of drug-likeness (QED) is 0.673. The van der Waals surface area contributed by atoms with Crippen LogP contribution in [0.3, 0.4) is 0 Å². The fourth-order valence-corrected chi connectivity index (χ4v) is 5.47. The van der Waals surface area contributed by atoms with E-state index in [1.54, 1.807) is 18.2 Å². The molecule has 0 spiro atoms. The number of fused-ring (bicyclic) bond motifs is 2. The van der Waals surface area contributed by atoms with Crippen molar-refractivity contribution in [2.24, 2.45) is 11.3 Å². The molecule has 0 saturated heterocycles. The lowest BCUT2D eigenvalue weighted by atomic mass is 9.69. The van der Waals surface area contributed by atoms with Crippen molar-refractivity contribution in [3.63, 3.8) is 0 Å². The van der Waals surface area contributed by atoms with E-state index < -0.39 is 5.97 Å². The molecule has 1 aromatic carbocycles. The predicted molar refractivity (Wildman–Crippen MR) is 116 cm³/mol. The summed E-state index contributed by atoms with van der Waals surface area (Å²) < 4.78 is 15.7. The molecule has 0 bridgehead atoms. The molecule has 1 aromatic heterocycles. The van der Waals surface area contributed by atoms with Gasteiger partial charge in [-0.1, -0.05) is 27.2 Å². The molecule has 0 unspecified atom stereocenters. The number of esters is 1. The van der Waals surface area contributed by atoms with E-state index >= 15 is 0 Å². The first kappa shape index (κ1) is 20.7. The highest BCUT2D eigenvalue weighted by Crippen LogP contribution is 2.45. The monoisotopic (exact) mass is 429 g/mol. The Morgan fingerprint density at radius 1 is 1.27 bits per heavy atom. The number of benzene rings is 1. The highest BCUT2D eigenvalue weighted by Gasteiger charge is 2.35. The molecule has 1 N–H and O–H groups in total. The molecule has 30 heavy (non-hydrogen) atoms. The van der Waals surface area contributed by atoms with Crippen LogP contribution in [0.1, 0.15) is 64.8 Å². The number of carbonyl (C=O) groups excluding carboxylic acids is 2. The van der Waals surface area contributed by atoms with Gasteiger partial charge in [0, 0.05) is 10.4 Å². The number of ether oxygens (including phenoxy) is 3. The Bertz CT molecular complexity index is 994. The number of nitrogens with one attached hydrogen (secondary N) is 1. The van der Waals surface area contributed by atoms with Gasteiger partial charge >= 0.3 is 5.97 Å². The van der Waals surface area contributed by atoms with Gasteiger partial charge in [-0.3, -0.25) is 4.79 Å². The van der Waals surface area contributed by atoms with E-state index in [0.717, 1.165) is 31.2 Å². The van der Waals surface area contributed by atoms with Crippen LogP contribution < -0.4 is 14.8 Å². The Morgan fingerprint density at radius 2 is 2.03 bits per heavy atom. The Morgan fingerprint density at radius 3 is 2.77 bits per heavy atom. The molecule has 2 heterocycles. The third-order valence-corrected chi connectivity index (χ3v) is 7.70. The van der Waals surface area contributed by atoms with Gasteiger partial charge in [-0.2, -0.15) is 0 Å². The van der Waals surface area contributed by atoms with Gasteiger partial charge in [0.15, 0.2) is 11.5 Å². The number of carbonyl (C=O) groups is 2. The van der Waals surface area contributed by atoms with Crippen LogP contribution in [0.5, 0.6) is 11.5 Å². The average Bonchev–Trinajstić information content (AvgIpc) is 3.35. The van der Waals surface area contributed by atoms with E-state index in [2.05, 4.69) is 26.1 Å². The fraction of sp³-hybridized carbons (Fsp3) is 0.478. The Kier molecular flexibility index (Phi) is 5.49. The van der Waals surface area contributed by atoms with Crippen LogP contribution in [-0.4, -0.2) is 25.8 Å². The Balaban J connectivity index is 1.63. The van der Waals surface area contributed by atoms with Crippen LogP contribution in [-0.2, 0) is 17.6 Å². The number of thiophene rings is 1. The van der Waals surface area contributed by atoms with Crippen molar-refractivity contribution >= 4 is 28.2 Å². The summed E-state index contributed by atoms with van der Waals surface area (Å²) in [6.07, 6.45) is 3.88. The maximum Gasteiger partial charge on any atom is 0.341 e. The smallest absolute Gasteiger partial charge is 0.341 e. The van der Waals surface area contributed by atoms with Crippen molar-refractivity contribution in [1.82, 2.24) is 0 Å². The molecular weight excluding hydrogens is 402 g/mol. The summed E-state index contributed by atoms with van der Waals surface area (Å²) in [5.74, 6) is 1.03. The zero-order chi connectivity index (χ0) is 21.5. The maximum absolute atomic E-state index is 12.9. The molecule has 7 heteroatoms. The SMILES string of the molecule is CCC(C)(C)[C@@H]1CCc2c(sc(NC(=O)c3ccc4c(c3)OCO4)c2C(=O)OC)C1. The largest absolute Gasteiger partial charge is 0.465 e. The van der Waals surface area contributed by atoms with Crippen LogP contribution in [0.25, 0.3) is 0 Å². The Labute approximate surface area is 180 Å². The first-order valence-electron chi connectivity index (χ1n) is 10.3. The summed E-state index contributed by atoms with van der Waals surface area (Å²) in [6.45, 7) is 6.99. The van der Waals surface area contributed by atoms with E-state index in [0.29, 0.717) is 33.5 Å². The fourth-order valence-electron chi connectivity index (χ4n) is 4.16. The van der Waals surface area contributed by atoms with Crippen LogP contribution in [0.2, 0.25) is 0 Å². The van der Waals surface area contributed by atoms with Crippen molar-refractivity contribution in [2.45, 2.75) is 46.5 Å². The number of anilines is 1. The lowest BCUT2D eigenvalue weighted by molar-refractivity contribution is 0.0600. The summed E-state index contributed by atoms with van der Waals surface area (Å²) in [7, 11) is 1.38. The van der Waals surface area contributed by atoms with E-state index in [1.165, 1.54) is 23.3 Å². The number of amides is 1. The normalized spacial score (nSPS) is 17.4. The van der Waals surface area contributed by atoms with Crippen molar-refractivity contribution in [1.29, 1.82) is 0 Å². The molecule has 2 aromatic rings. The van der Waals surface area contributed by atoms with Crippen molar-refractivity contribution in [2.75, 3.05) is 19.2 Å². The predicted octanol–water partition coefficient (Wildman–Crippen LogP) is 5.06. The molecule has 1 aliphatic heterocycles. The Hall–Kier alpha value is -2.54. The molecule has 1 aliphatic carbocycles. The van der Waals surface area contributed by atoms with Crippen molar-refractivity contribution in [3.05, 3.63) is 39.8 Å². The zero-order valence-corrected chi connectivity index (χ0v) is 18.6. The first-order valence-corrected chi connectivity index (χ1v) is 11.1. The van der Waals surface area contributed by atoms with Crippen molar-refractivity contribution < 1.29 is 23.8 Å². The van der Waals surface area contributed by atoms with Gasteiger partial charge in [0.1, 0.15) is 5.00 Å². The summed E-state index contributed by atoms with van der Waals surface area (Å²) in [5.41, 5.74) is 2.21. The van der Waals surface area contributed by atoms with Crippen molar-refractivity contribution in [3.8, 4) is 11.5 Å². The second-order valence-electron chi connectivity index (χ2n) is 8.50. The molecule has 2 aliphatic rings. The van der Waals surface area contributed by atoms with Gasteiger partial charge < -0.3 is 19.5 Å².